The molecule has 1 heteroatoms. The molecule has 2 saturated carbocycles. The highest BCUT2D eigenvalue weighted by Crippen LogP contribution is 2.62. The molecule has 3 atom stereocenters. The Bertz CT molecular complexity index is 122. The fraction of sp³-hybridized carbons (Fsp3) is 1.00. The third kappa shape index (κ3) is 0.408. The molecule has 1 nitrogen and oxygen atoms in total. The Balaban J connectivity index is 2.15. The van der Waals surface area contributed by atoms with Crippen LogP contribution in [0.25, 0.3) is 0 Å². The summed E-state index contributed by atoms with van der Waals surface area (Å²) in [7, 11) is 0. The zero-order valence-electron chi connectivity index (χ0n) is 5.22. The molecular weight excluding hydrogens is 100 g/mol. The van der Waals surface area contributed by atoms with E-state index in [1.165, 1.54) is 12.8 Å². The highest BCUT2D eigenvalue weighted by molar-refractivity contribution is 5.07. The van der Waals surface area contributed by atoms with Gasteiger partial charge in [-0.1, -0.05) is 6.92 Å². The molecule has 0 bridgehead atoms. The van der Waals surface area contributed by atoms with Crippen molar-refractivity contribution in [2.24, 2.45) is 11.3 Å². The molecule has 0 amide bonds. The molecule has 2 rings (SSSR count). The summed E-state index contributed by atoms with van der Waals surface area (Å²) in [5, 5.41) is 9.20. The first-order valence-corrected chi connectivity index (χ1v) is 3.40. The van der Waals surface area contributed by atoms with Gasteiger partial charge in [0.2, 0.25) is 0 Å². The van der Waals surface area contributed by atoms with Crippen LogP contribution in [0.3, 0.4) is 0 Å². The van der Waals surface area contributed by atoms with Gasteiger partial charge in [0.1, 0.15) is 0 Å². The van der Waals surface area contributed by atoms with Gasteiger partial charge in [-0.05, 0) is 30.6 Å². The van der Waals surface area contributed by atoms with Crippen molar-refractivity contribution in [3.05, 3.63) is 0 Å². The van der Waals surface area contributed by atoms with Crippen molar-refractivity contribution in [1.29, 1.82) is 0 Å². The van der Waals surface area contributed by atoms with E-state index in [4.69, 9.17) is 0 Å². The van der Waals surface area contributed by atoms with Crippen LogP contribution in [-0.4, -0.2) is 11.2 Å². The predicted molar refractivity (Wildman–Crippen MR) is 31.5 cm³/mol. The molecule has 0 aliphatic heterocycles. The van der Waals surface area contributed by atoms with Crippen molar-refractivity contribution in [2.75, 3.05) is 0 Å². The van der Waals surface area contributed by atoms with Gasteiger partial charge < -0.3 is 5.11 Å². The highest BCUT2D eigenvalue weighted by Gasteiger charge is 2.57. The van der Waals surface area contributed by atoms with Gasteiger partial charge in [0.25, 0.3) is 0 Å². The lowest BCUT2D eigenvalue weighted by molar-refractivity contribution is 0.158. The van der Waals surface area contributed by atoms with Crippen LogP contribution < -0.4 is 0 Å². The molecule has 1 N–H and O–H groups in total. The molecule has 0 saturated heterocycles. The molecular formula is C7H12O. The summed E-state index contributed by atoms with van der Waals surface area (Å²) >= 11 is 0. The molecule has 0 aromatic carbocycles. The normalized spacial score (nSPS) is 60.8. The van der Waals surface area contributed by atoms with E-state index in [1.807, 2.05) is 0 Å². The maximum Gasteiger partial charge on any atom is 0.0574 e. The second-order valence-corrected chi connectivity index (χ2v) is 3.57. The Kier molecular flexibility index (Phi) is 0.663. The number of hydrogen-bond acceptors (Lipinski definition) is 1. The Morgan fingerprint density at radius 2 is 2.38 bits per heavy atom. The highest BCUT2D eigenvalue weighted by atomic mass is 16.3. The topological polar surface area (TPSA) is 20.2 Å². The van der Waals surface area contributed by atoms with Crippen LogP contribution in [0.15, 0.2) is 0 Å². The van der Waals surface area contributed by atoms with E-state index in [0.29, 0.717) is 11.3 Å². The molecule has 0 unspecified atom stereocenters. The van der Waals surface area contributed by atoms with Crippen LogP contribution in [0.1, 0.15) is 26.2 Å². The number of aliphatic hydroxyl groups excluding tert-OH is 1. The molecule has 2 aliphatic carbocycles. The van der Waals surface area contributed by atoms with Crippen molar-refractivity contribution >= 4 is 0 Å². The molecule has 0 spiro atoms. The summed E-state index contributed by atoms with van der Waals surface area (Å²) in [5.74, 6) is 0.683. The zero-order valence-corrected chi connectivity index (χ0v) is 5.22. The first-order chi connectivity index (χ1) is 3.72. The third-order valence-electron chi connectivity index (χ3n) is 2.90. The van der Waals surface area contributed by atoms with Crippen LogP contribution in [0, 0.1) is 11.3 Å². The van der Waals surface area contributed by atoms with Gasteiger partial charge in [0, 0.05) is 0 Å². The smallest absolute Gasteiger partial charge is 0.0574 e. The molecule has 2 fully saturated rings. The van der Waals surface area contributed by atoms with E-state index in [0.717, 1.165) is 6.42 Å². The average Bonchev–Trinajstić information content (AvgIpc) is 2.32. The molecule has 0 heterocycles. The quantitative estimate of drug-likeness (QED) is 0.498. The molecule has 2 aliphatic rings. The van der Waals surface area contributed by atoms with Gasteiger partial charge in [-0.2, -0.15) is 0 Å². The monoisotopic (exact) mass is 112 g/mol. The van der Waals surface area contributed by atoms with Crippen LogP contribution in [0.5, 0.6) is 0 Å². The standard InChI is InChI=1S/C7H12O/c1-7-3-2-6(8)5(7)4-7/h5-6,8H,2-4H2,1H3/t5-,6-,7-/m0/s1. The van der Waals surface area contributed by atoms with Crippen molar-refractivity contribution in [3.8, 4) is 0 Å². The number of fused-ring (bicyclic) bond motifs is 1. The van der Waals surface area contributed by atoms with Crippen LogP contribution in [-0.2, 0) is 0 Å². The fourth-order valence-corrected chi connectivity index (χ4v) is 2.01. The van der Waals surface area contributed by atoms with Gasteiger partial charge in [0.15, 0.2) is 0 Å². The van der Waals surface area contributed by atoms with E-state index in [2.05, 4.69) is 6.92 Å². The number of rotatable bonds is 0. The zero-order chi connectivity index (χ0) is 5.78. The minimum absolute atomic E-state index is 0.0556. The maximum atomic E-state index is 9.20. The largest absolute Gasteiger partial charge is 0.393 e. The SMILES string of the molecule is C[C@@]12CC[C@H](O)[C@@H]1C2. The summed E-state index contributed by atoms with van der Waals surface area (Å²) < 4.78 is 0. The number of aliphatic hydroxyl groups is 1. The minimum atomic E-state index is 0.0556. The Morgan fingerprint density at radius 1 is 1.62 bits per heavy atom. The van der Waals surface area contributed by atoms with E-state index < -0.39 is 0 Å². The van der Waals surface area contributed by atoms with Crippen LogP contribution in [0.4, 0.5) is 0 Å². The number of hydrogen-bond donors (Lipinski definition) is 1. The Hall–Kier alpha value is -0.0400. The molecule has 0 radical (unpaired) electrons. The summed E-state index contributed by atoms with van der Waals surface area (Å²) in [6.45, 7) is 2.29. The van der Waals surface area contributed by atoms with Crippen molar-refractivity contribution < 1.29 is 5.11 Å². The fourth-order valence-electron chi connectivity index (χ4n) is 2.01. The molecule has 46 valence electrons. The van der Waals surface area contributed by atoms with Crippen LogP contribution in [0.2, 0.25) is 0 Å². The van der Waals surface area contributed by atoms with Gasteiger partial charge in [-0.3, -0.25) is 0 Å². The average molecular weight is 112 g/mol. The van der Waals surface area contributed by atoms with E-state index in [9.17, 15) is 5.11 Å². The van der Waals surface area contributed by atoms with Gasteiger partial charge in [-0.25, -0.2) is 0 Å². The maximum absolute atomic E-state index is 9.20. The Morgan fingerprint density at radius 3 is 2.50 bits per heavy atom. The minimum Gasteiger partial charge on any atom is -0.393 e. The van der Waals surface area contributed by atoms with Crippen LogP contribution >= 0.6 is 0 Å². The molecule has 0 aromatic rings. The predicted octanol–water partition coefficient (Wildman–Crippen LogP) is 1.17. The first kappa shape index (κ1) is 4.80. The Labute approximate surface area is 49.7 Å². The van der Waals surface area contributed by atoms with Gasteiger partial charge in [-0.15, -0.1) is 0 Å². The van der Waals surface area contributed by atoms with Crippen molar-refractivity contribution in [3.63, 3.8) is 0 Å². The molecule has 0 aromatic heterocycles. The van der Waals surface area contributed by atoms with Gasteiger partial charge in [0.05, 0.1) is 6.10 Å². The summed E-state index contributed by atoms with van der Waals surface area (Å²) in [6.07, 6.45) is 3.66. The third-order valence-corrected chi connectivity index (χ3v) is 2.90. The lowest BCUT2D eigenvalue weighted by atomic mass is 10.1. The lowest BCUT2D eigenvalue weighted by Gasteiger charge is -1.98. The summed E-state index contributed by atoms with van der Waals surface area (Å²) in [4.78, 5) is 0. The van der Waals surface area contributed by atoms with Crippen molar-refractivity contribution in [1.82, 2.24) is 0 Å². The first-order valence-electron chi connectivity index (χ1n) is 3.40. The lowest BCUT2D eigenvalue weighted by Crippen LogP contribution is -2.02. The van der Waals surface area contributed by atoms with E-state index in [1.54, 1.807) is 0 Å². The summed E-state index contributed by atoms with van der Waals surface area (Å²) in [6, 6.07) is 0. The van der Waals surface area contributed by atoms with E-state index >= 15 is 0 Å². The van der Waals surface area contributed by atoms with Crippen molar-refractivity contribution in [2.45, 2.75) is 32.3 Å². The molecule has 8 heavy (non-hydrogen) atoms. The second kappa shape index (κ2) is 1.10. The van der Waals surface area contributed by atoms with Gasteiger partial charge >= 0.3 is 0 Å². The summed E-state index contributed by atoms with van der Waals surface area (Å²) in [5.41, 5.74) is 0.583. The second-order valence-electron chi connectivity index (χ2n) is 3.57. The van der Waals surface area contributed by atoms with E-state index in [-0.39, 0.29) is 6.10 Å².